The molecule has 0 aliphatic heterocycles. The third kappa shape index (κ3) is 2.34. The Bertz CT molecular complexity index is 281. The van der Waals surface area contributed by atoms with E-state index >= 15 is 0 Å². The second kappa shape index (κ2) is 4.58. The van der Waals surface area contributed by atoms with Gasteiger partial charge in [0.05, 0.1) is 6.61 Å². The maximum Gasteiger partial charge on any atom is 0.0537 e. The minimum Gasteiger partial charge on any atom is -0.395 e. The highest BCUT2D eigenvalue weighted by Gasteiger charge is 2.24. The fourth-order valence-electron chi connectivity index (χ4n) is 1.60. The summed E-state index contributed by atoms with van der Waals surface area (Å²) in [5, 5.41) is 12.5. The van der Waals surface area contributed by atoms with E-state index in [1.807, 2.05) is 7.05 Å². The van der Waals surface area contributed by atoms with Crippen LogP contribution in [0, 0.1) is 6.92 Å². The molecule has 0 saturated carbocycles. The Morgan fingerprint density at radius 3 is 2.29 bits per heavy atom. The van der Waals surface area contributed by atoms with Crippen LogP contribution in [0.5, 0.6) is 0 Å². The lowest BCUT2D eigenvalue weighted by atomic mass is 9.83. The van der Waals surface area contributed by atoms with E-state index in [2.05, 4.69) is 43.4 Å². The lowest BCUT2D eigenvalue weighted by Gasteiger charge is -2.27. The molecule has 0 aliphatic rings. The molecule has 0 aliphatic carbocycles. The van der Waals surface area contributed by atoms with E-state index in [9.17, 15) is 5.11 Å². The molecule has 0 radical (unpaired) electrons. The van der Waals surface area contributed by atoms with Crippen molar-refractivity contribution in [2.45, 2.75) is 19.3 Å². The van der Waals surface area contributed by atoms with E-state index in [0.717, 1.165) is 6.54 Å². The van der Waals surface area contributed by atoms with Gasteiger partial charge >= 0.3 is 0 Å². The van der Waals surface area contributed by atoms with E-state index in [1.54, 1.807) is 0 Å². The molecule has 2 nitrogen and oxygen atoms in total. The normalized spacial score (nSPS) is 15.1. The van der Waals surface area contributed by atoms with E-state index in [1.165, 1.54) is 11.1 Å². The third-order valence-corrected chi connectivity index (χ3v) is 2.66. The Hall–Kier alpha value is -0.860. The van der Waals surface area contributed by atoms with Crippen LogP contribution in [0.4, 0.5) is 0 Å². The highest BCUT2D eigenvalue weighted by molar-refractivity contribution is 5.28. The van der Waals surface area contributed by atoms with Crippen molar-refractivity contribution in [2.75, 3.05) is 20.2 Å². The second-order valence-electron chi connectivity index (χ2n) is 4.12. The summed E-state index contributed by atoms with van der Waals surface area (Å²) in [6, 6.07) is 8.34. The van der Waals surface area contributed by atoms with Gasteiger partial charge in [-0.3, -0.25) is 0 Å². The van der Waals surface area contributed by atoms with E-state index in [-0.39, 0.29) is 12.0 Å². The Morgan fingerprint density at radius 1 is 1.29 bits per heavy atom. The average Bonchev–Trinajstić information content (AvgIpc) is 2.19. The van der Waals surface area contributed by atoms with Gasteiger partial charge in [-0.2, -0.15) is 0 Å². The second-order valence-corrected chi connectivity index (χ2v) is 4.12. The fraction of sp³-hybridized carbons (Fsp3) is 0.500. The first kappa shape index (κ1) is 11.2. The number of rotatable bonds is 4. The van der Waals surface area contributed by atoms with Gasteiger partial charge < -0.3 is 10.4 Å². The molecule has 1 aromatic rings. The lowest BCUT2D eigenvalue weighted by molar-refractivity contribution is 0.204. The van der Waals surface area contributed by atoms with Crippen molar-refractivity contribution in [2.24, 2.45) is 0 Å². The van der Waals surface area contributed by atoms with Crippen molar-refractivity contribution in [3.05, 3.63) is 35.4 Å². The van der Waals surface area contributed by atoms with Crippen LogP contribution in [-0.4, -0.2) is 25.3 Å². The molecule has 1 rings (SSSR count). The monoisotopic (exact) mass is 193 g/mol. The van der Waals surface area contributed by atoms with Gasteiger partial charge in [0.1, 0.15) is 0 Å². The van der Waals surface area contributed by atoms with E-state index in [0.29, 0.717) is 0 Å². The number of hydrogen-bond acceptors (Lipinski definition) is 2. The van der Waals surface area contributed by atoms with Gasteiger partial charge in [-0.1, -0.05) is 36.8 Å². The molecule has 2 heteroatoms. The Kier molecular flexibility index (Phi) is 3.67. The van der Waals surface area contributed by atoms with Gasteiger partial charge in [-0.15, -0.1) is 0 Å². The van der Waals surface area contributed by atoms with Crippen molar-refractivity contribution in [1.29, 1.82) is 0 Å². The van der Waals surface area contributed by atoms with Gasteiger partial charge in [0.2, 0.25) is 0 Å². The largest absolute Gasteiger partial charge is 0.395 e. The molecule has 78 valence electrons. The summed E-state index contributed by atoms with van der Waals surface area (Å²) >= 11 is 0. The molecule has 0 heterocycles. The van der Waals surface area contributed by atoms with Crippen LogP contribution in [-0.2, 0) is 5.41 Å². The zero-order chi connectivity index (χ0) is 10.6. The number of nitrogens with one attached hydrogen (secondary N) is 1. The number of aliphatic hydroxyl groups is 1. The summed E-state index contributed by atoms with van der Waals surface area (Å²) in [6.07, 6.45) is 0. The van der Waals surface area contributed by atoms with Gasteiger partial charge in [-0.25, -0.2) is 0 Å². The van der Waals surface area contributed by atoms with E-state index < -0.39 is 0 Å². The maximum absolute atomic E-state index is 9.40. The van der Waals surface area contributed by atoms with Crippen LogP contribution in [0.15, 0.2) is 24.3 Å². The minimum atomic E-state index is -0.178. The van der Waals surface area contributed by atoms with Crippen LogP contribution < -0.4 is 5.32 Å². The Labute approximate surface area is 86.0 Å². The third-order valence-electron chi connectivity index (χ3n) is 2.66. The molecule has 0 bridgehead atoms. The first-order chi connectivity index (χ1) is 6.62. The number of likely N-dealkylation sites (N-methyl/N-ethyl adjacent to an activating group) is 1. The smallest absolute Gasteiger partial charge is 0.0537 e. The molecule has 0 aromatic heterocycles. The Morgan fingerprint density at radius 2 is 1.86 bits per heavy atom. The van der Waals surface area contributed by atoms with Crippen molar-refractivity contribution in [3.63, 3.8) is 0 Å². The van der Waals surface area contributed by atoms with Gasteiger partial charge in [0, 0.05) is 12.0 Å². The quantitative estimate of drug-likeness (QED) is 0.759. The highest BCUT2D eigenvalue weighted by atomic mass is 16.3. The molecule has 14 heavy (non-hydrogen) atoms. The summed E-state index contributed by atoms with van der Waals surface area (Å²) in [4.78, 5) is 0. The molecule has 1 aromatic carbocycles. The molecule has 0 amide bonds. The molecular formula is C12H19NO. The van der Waals surface area contributed by atoms with Crippen molar-refractivity contribution < 1.29 is 5.11 Å². The molecule has 0 fully saturated rings. The number of aryl methyl sites for hydroxylation is 1. The Balaban J connectivity index is 2.94. The zero-order valence-corrected chi connectivity index (χ0v) is 9.17. The van der Waals surface area contributed by atoms with Crippen LogP contribution in [0.2, 0.25) is 0 Å². The zero-order valence-electron chi connectivity index (χ0n) is 9.17. The predicted octanol–water partition coefficient (Wildman–Crippen LogP) is 1.46. The first-order valence-electron chi connectivity index (χ1n) is 4.95. The van der Waals surface area contributed by atoms with Crippen molar-refractivity contribution in [3.8, 4) is 0 Å². The van der Waals surface area contributed by atoms with Crippen LogP contribution >= 0.6 is 0 Å². The standard InChI is InChI=1S/C12H19NO/c1-10-4-6-11(7-5-10)12(2,9-14)8-13-3/h4-7,13-14H,8-9H2,1-3H3. The average molecular weight is 193 g/mol. The van der Waals surface area contributed by atoms with Crippen molar-refractivity contribution in [1.82, 2.24) is 5.32 Å². The molecule has 2 N–H and O–H groups in total. The molecule has 1 unspecified atom stereocenters. The van der Waals surface area contributed by atoms with E-state index in [4.69, 9.17) is 0 Å². The van der Waals surface area contributed by atoms with Crippen LogP contribution in [0.25, 0.3) is 0 Å². The fourth-order valence-corrected chi connectivity index (χ4v) is 1.60. The summed E-state index contributed by atoms with van der Waals surface area (Å²) in [5.41, 5.74) is 2.25. The maximum atomic E-state index is 9.40. The van der Waals surface area contributed by atoms with Gasteiger partial charge in [0.25, 0.3) is 0 Å². The number of benzene rings is 1. The summed E-state index contributed by atoms with van der Waals surface area (Å²) in [6.45, 7) is 5.08. The number of hydrogen-bond donors (Lipinski definition) is 2. The molecule has 0 saturated heterocycles. The van der Waals surface area contributed by atoms with Gasteiger partial charge in [-0.05, 0) is 19.5 Å². The summed E-state index contributed by atoms with van der Waals surface area (Å²) in [7, 11) is 1.90. The first-order valence-corrected chi connectivity index (χ1v) is 4.95. The molecular weight excluding hydrogens is 174 g/mol. The minimum absolute atomic E-state index is 0.164. The highest BCUT2D eigenvalue weighted by Crippen LogP contribution is 2.22. The van der Waals surface area contributed by atoms with Crippen LogP contribution in [0.1, 0.15) is 18.1 Å². The topological polar surface area (TPSA) is 32.3 Å². The van der Waals surface area contributed by atoms with Gasteiger partial charge in [0.15, 0.2) is 0 Å². The summed E-state index contributed by atoms with van der Waals surface area (Å²) in [5.74, 6) is 0. The molecule has 1 atom stereocenters. The van der Waals surface area contributed by atoms with Crippen molar-refractivity contribution >= 4 is 0 Å². The summed E-state index contributed by atoms with van der Waals surface area (Å²) < 4.78 is 0. The lowest BCUT2D eigenvalue weighted by Crippen LogP contribution is -2.37. The number of aliphatic hydroxyl groups excluding tert-OH is 1. The predicted molar refractivity (Wildman–Crippen MR) is 59.5 cm³/mol. The molecule has 0 spiro atoms. The van der Waals surface area contributed by atoms with Crippen LogP contribution in [0.3, 0.4) is 0 Å². The SMILES string of the molecule is CNCC(C)(CO)c1ccc(C)cc1.